The van der Waals surface area contributed by atoms with Gasteiger partial charge in [-0.1, -0.05) is 18.2 Å². The number of sulfonamides is 1. The Morgan fingerprint density at radius 3 is 2.70 bits per heavy atom. The van der Waals surface area contributed by atoms with Crippen LogP contribution in [0.1, 0.15) is 5.56 Å². The summed E-state index contributed by atoms with van der Waals surface area (Å²) in [5.41, 5.74) is 0.210. The third-order valence-electron chi connectivity index (χ3n) is 2.74. The molecule has 2 aromatic rings. The number of nitro groups is 1. The van der Waals surface area contributed by atoms with E-state index < -0.39 is 14.9 Å². The van der Waals surface area contributed by atoms with Crippen molar-refractivity contribution in [3.8, 4) is 0 Å². The molecule has 0 fully saturated rings. The van der Waals surface area contributed by atoms with E-state index in [1.165, 1.54) is 37.8 Å². The van der Waals surface area contributed by atoms with Crippen molar-refractivity contribution in [2.45, 2.75) is 11.6 Å². The summed E-state index contributed by atoms with van der Waals surface area (Å²) in [6, 6.07) is 6.02. The van der Waals surface area contributed by atoms with Crippen molar-refractivity contribution < 1.29 is 13.3 Å². The van der Waals surface area contributed by atoms with Crippen LogP contribution in [0.2, 0.25) is 0 Å². The zero-order valence-corrected chi connectivity index (χ0v) is 11.4. The standard InChI is InChI=1S/C11H12N4O4S/c1-14(20(18,19)11-6-12-8-13-11)7-9-4-2-3-5-10(9)15(16)17/h2-6,8H,7H2,1H3,(H,12,13). The molecule has 0 amide bonds. The van der Waals surface area contributed by atoms with Gasteiger partial charge >= 0.3 is 0 Å². The van der Waals surface area contributed by atoms with E-state index in [2.05, 4.69) is 9.97 Å². The highest BCUT2D eigenvalue weighted by molar-refractivity contribution is 7.89. The number of nitro benzene ring substituents is 1. The van der Waals surface area contributed by atoms with Gasteiger partial charge in [-0.2, -0.15) is 4.31 Å². The number of nitrogens with zero attached hydrogens (tertiary/aromatic N) is 3. The van der Waals surface area contributed by atoms with Crippen molar-refractivity contribution in [3.63, 3.8) is 0 Å². The minimum atomic E-state index is -3.74. The van der Waals surface area contributed by atoms with E-state index in [0.29, 0.717) is 5.56 Å². The lowest BCUT2D eigenvalue weighted by atomic mass is 10.2. The normalized spacial score (nSPS) is 11.7. The molecule has 0 saturated heterocycles. The van der Waals surface area contributed by atoms with Gasteiger partial charge in [0.2, 0.25) is 0 Å². The molecule has 0 bridgehead atoms. The number of aromatic amines is 1. The van der Waals surface area contributed by atoms with Crippen LogP contribution >= 0.6 is 0 Å². The molecule has 9 heteroatoms. The minimum absolute atomic E-state index is 0.0569. The summed E-state index contributed by atoms with van der Waals surface area (Å²) in [7, 11) is -2.39. The molecule has 1 aromatic heterocycles. The van der Waals surface area contributed by atoms with Crippen molar-refractivity contribution in [2.75, 3.05) is 7.05 Å². The van der Waals surface area contributed by atoms with Crippen LogP contribution in [0.25, 0.3) is 0 Å². The molecule has 0 spiro atoms. The molecule has 1 aromatic carbocycles. The number of H-pyrrole nitrogens is 1. The second-order valence-electron chi connectivity index (χ2n) is 4.06. The van der Waals surface area contributed by atoms with Crippen molar-refractivity contribution in [1.29, 1.82) is 0 Å². The minimum Gasteiger partial charge on any atom is -0.335 e. The lowest BCUT2D eigenvalue weighted by molar-refractivity contribution is -0.385. The van der Waals surface area contributed by atoms with Gasteiger partial charge in [0.1, 0.15) is 0 Å². The number of rotatable bonds is 5. The zero-order chi connectivity index (χ0) is 14.8. The molecule has 0 aliphatic rings. The van der Waals surface area contributed by atoms with Gasteiger partial charge in [-0.05, 0) is 0 Å². The second-order valence-corrected chi connectivity index (χ2v) is 6.08. The molecule has 0 aliphatic heterocycles. The summed E-state index contributed by atoms with van der Waals surface area (Å²) >= 11 is 0. The van der Waals surface area contributed by atoms with Crippen molar-refractivity contribution in [2.24, 2.45) is 0 Å². The van der Waals surface area contributed by atoms with E-state index in [-0.39, 0.29) is 17.3 Å². The van der Waals surface area contributed by atoms with Gasteiger partial charge < -0.3 is 4.98 Å². The van der Waals surface area contributed by atoms with E-state index in [9.17, 15) is 18.5 Å². The average molecular weight is 296 g/mol. The molecule has 2 rings (SSSR count). The fourth-order valence-corrected chi connectivity index (χ4v) is 2.74. The number of hydrogen-bond acceptors (Lipinski definition) is 5. The molecule has 20 heavy (non-hydrogen) atoms. The molecule has 0 saturated carbocycles. The Hall–Kier alpha value is -2.26. The number of imidazole rings is 1. The van der Waals surface area contributed by atoms with Crippen LogP contribution in [0, 0.1) is 10.1 Å². The predicted octanol–water partition coefficient (Wildman–Crippen LogP) is 1.14. The van der Waals surface area contributed by atoms with Crippen LogP contribution in [0.5, 0.6) is 0 Å². The first-order valence-corrected chi connectivity index (χ1v) is 7.04. The number of nitrogens with one attached hydrogen (secondary N) is 1. The number of aromatic nitrogens is 2. The topological polar surface area (TPSA) is 109 Å². The lowest BCUT2D eigenvalue weighted by Crippen LogP contribution is -2.27. The summed E-state index contributed by atoms with van der Waals surface area (Å²) in [5.74, 6) is 0. The highest BCUT2D eigenvalue weighted by Crippen LogP contribution is 2.21. The maximum Gasteiger partial charge on any atom is 0.273 e. The predicted molar refractivity (Wildman–Crippen MR) is 70.3 cm³/mol. The number of benzene rings is 1. The molecule has 8 nitrogen and oxygen atoms in total. The molecule has 0 unspecified atom stereocenters. The van der Waals surface area contributed by atoms with Gasteiger partial charge in [0, 0.05) is 25.2 Å². The highest BCUT2D eigenvalue weighted by atomic mass is 32.2. The van der Waals surface area contributed by atoms with Crippen LogP contribution in [0.15, 0.2) is 41.8 Å². The monoisotopic (exact) mass is 296 g/mol. The third-order valence-corrected chi connectivity index (χ3v) is 4.47. The molecule has 1 heterocycles. The van der Waals surface area contributed by atoms with Crippen LogP contribution in [-0.2, 0) is 16.6 Å². The summed E-state index contributed by atoms with van der Waals surface area (Å²) in [6.45, 7) is -0.0987. The van der Waals surface area contributed by atoms with Crippen molar-refractivity contribution >= 4 is 15.7 Å². The summed E-state index contributed by atoms with van der Waals surface area (Å²) < 4.78 is 25.4. The molecule has 0 atom stereocenters. The first kappa shape index (κ1) is 14.2. The smallest absolute Gasteiger partial charge is 0.273 e. The Kier molecular flexibility index (Phi) is 3.81. The van der Waals surface area contributed by atoms with Gasteiger partial charge in [0.25, 0.3) is 15.7 Å². The average Bonchev–Trinajstić information content (AvgIpc) is 2.93. The largest absolute Gasteiger partial charge is 0.335 e. The maximum absolute atomic E-state index is 12.2. The third kappa shape index (κ3) is 2.68. The van der Waals surface area contributed by atoms with Gasteiger partial charge in [-0.3, -0.25) is 10.1 Å². The molecular weight excluding hydrogens is 284 g/mol. The summed E-state index contributed by atoms with van der Waals surface area (Å²) in [5, 5.41) is 10.8. The van der Waals surface area contributed by atoms with Crippen LogP contribution in [0.3, 0.4) is 0 Å². The SMILES string of the molecule is CN(Cc1ccccc1[N+](=O)[O-])S(=O)(=O)c1cnc[nH]1. The van der Waals surface area contributed by atoms with E-state index in [0.717, 1.165) is 4.31 Å². The molecule has 106 valence electrons. The van der Waals surface area contributed by atoms with Crippen LogP contribution < -0.4 is 0 Å². The second kappa shape index (κ2) is 5.39. The van der Waals surface area contributed by atoms with E-state index >= 15 is 0 Å². The molecule has 0 aliphatic carbocycles. The van der Waals surface area contributed by atoms with Crippen LogP contribution in [-0.4, -0.2) is 34.7 Å². The van der Waals surface area contributed by atoms with E-state index in [1.54, 1.807) is 6.07 Å². The van der Waals surface area contributed by atoms with Gasteiger partial charge in [-0.25, -0.2) is 13.4 Å². The molecular formula is C11H12N4O4S. The Morgan fingerprint density at radius 2 is 2.10 bits per heavy atom. The van der Waals surface area contributed by atoms with Gasteiger partial charge in [0.15, 0.2) is 5.03 Å². The Morgan fingerprint density at radius 1 is 1.40 bits per heavy atom. The fourth-order valence-electron chi connectivity index (χ4n) is 1.70. The van der Waals surface area contributed by atoms with Crippen molar-refractivity contribution in [1.82, 2.24) is 14.3 Å². The maximum atomic E-state index is 12.2. The number of hydrogen-bond donors (Lipinski definition) is 1. The first-order valence-electron chi connectivity index (χ1n) is 5.60. The number of para-hydroxylation sites is 1. The Labute approximate surface area is 115 Å². The molecule has 1 N–H and O–H groups in total. The summed E-state index contributed by atoms with van der Waals surface area (Å²) in [4.78, 5) is 16.5. The van der Waals surface area contributed by atoms with E-state index in [4.69, 9.17) is 0 Å². The summed E-state index contributed by atoms with van der Waals surface area (Å²) in [6.07, 6.45) is 2.44. The quantitative estimate of drug-likeness (QED) is 0.657. The fraction of sp³-hybridized carbons (Fsp3) is 0.182. The lowest BCUT2D eigenvalue weighted by Gasteiger charge is -2.15. The van der Waals surface area contributed by atoms with Crippen molar-refractivity contribution in [3.05, 3.63) is 52.5 Å². The molecule has 0 radical (unpaired) electrons. The highest BCUT2D eigenvalue weighted by Gasteiger charge is 2.24. The Balaban J connectivity index is 2.29. The Bertz CT molecular complexity index is 712. The van der Waals surface area contributed by atoms with E-state index in [1.807, 2.05) is 0 Å². The van der Waals surface area contributed by atoms with Gasteiger partial charge in [-0.15, -0.1) is 0 Å². The van der Waals surface area contributed by atoms with Gasteiger partial charge in [0.05, 0.1) is 17.4 Å². The van der Waals surface area contributed by atoms with Crippen LogP contribution in [0.4, 0.5) is 5.69 Å². The first-order chi connectivity index (χ1) is 9.43. The zero-order valence-electron chi connectivity index (χ0n) is 10.6.